The zero-order valence-electron chi connectivity index (χ0n) is 18.7. The van der Waals surface area contributed by atoms with E-state index in [0.29, 0.717) is 12.2 Å². The largest absolute Gasteiger partial charge is 0.504 e. The second kappa shape index (κ2) is 6.29. The van der Waals surface area contributed by atoms with Crippen LogP contribution < -0.4 is 4.74 Å². The molecule has 3 aromatic rings. The number of aromatic hydroxyl groups is 1. The number of fused-ring (bicyclic) bond motifs is 4. The van der Waals surface area contributed by atoms with Gasteiger partial charge in [0.05, 0.1) is 27.6 Å². The molecule has 5 aliphatic rings. The smallest absolute Gasteiger partial charge is 0.166 e. The molecule has 1 saturated carbocycles. The average molecular weight is 472 g/mol. The second-order valence-corrected chi connectivity index (χ2v) is 11.1. The number of benzene rings is 2. The molecule has 2 bridgehead atoms. The van der Waals surface area contributed by atoms with Gasteiger partial charge in [0, 0.05) is 35.5 Å². The number of hydrogen-bond acceptors (Lipinski definition) is 6. The topological polar surface area (TPSA) is 81.1 Å². The summed E-state index contributed by atoms with van der Waals surface area (Å²) >= 11 is 4.82. The summed E-state index contributed by atoms with van der Waals surface area (Å²) in [5.41, 5.74) is 4.56. The molecule has 34 heavy (non-hydrogen) atoms. The molecule has 1 aromatic heterocycles. The van der Waals surface area contributed by atoms with E-state index in [1.165, 1.54) is 18.4 Å². The van der Waals surface area contributed by atoms with Gasteiger partial charge in [-0.3, -0.25) is 4.90 Å². The molecule has 172 valence electrons. The lowest BCUT2D eigenvalue weighted by Crippen LogP contribution is -2.74. The molecular formula is C27H25N3O3S. The summed E-state index contributed by atoms with van der Waals surface area (Å²) in [5, 5.41) is 27.1. The van der Waals surface area contributed by atoms with Gasteiger partial charge in [-0.25, -0.2) is 0 Å². The van der Waals surface area contributed by atoms with Crippen molar-refractivity contribution in [2.75, 3.05) is 13.1 Å². The molecule has 2 fully saturated rings. The molecule has 1 unspecified atom stereocenters. The normalized spacial score (nSPS) is 32.6. The predicted molar refractivity (Wildman–Crippen MR) is 131 cm³/mol. The maximum atomic E-state index is 12.8. The zero-order chi connectivity index (χ0) is 22.8. The fourth-order valence-electron chi connectivity index (χ4n) is 7.73. The van der Waals surface area contributed by atoms with Crippen LogP contribution >= 0.6 is 12.2 Å². The van der Waals surface area contributed by atoms with Gasteiger partial charge in [0.1, 0.15) is 0 Å². The van der Waals surface area contributed by atoms with E-state index in [2.05, 4.69) is 20.0 Å². The molecule has 2 aromatic carbocycles. The SMILES string of the molecule is Oc1ccc2c3c1O[C@@H]1c4[nH]c5ccc(N=C=S)cc5c4C[C@]4(O)[C@H](C2)N(CC2CC2)CCC314. The molecule has 2 aliphatic heterocycles. The molecule has 3 heterocycles. The number of hydrogen-bond donors (Lipinski definition) is 3. The molecule has 3 aliphatic carbocycles. The summed E-state index contributed by atoms with van der Waals surface area (Å²) in [7, 11) is 0. The maximum absolute atomic E-state index is 12.8. The highest BCUT2D eigenvalue weighted by Gasteiger charge is 2.72. The molecule has 0 radical (unpaired) electrons. The Balaban J connectivity index is 1.40. The number of piperidine rings is 1. The first-order chi connectivity index (χ1) is 16.5. The van der Waals surface area contributed by atoms with E-state index in [9.17, 15) is 10.2 Å². The third-order valence-corrected chi connectivity index (χ3v) is 9.41. The van der Waals surface area contributed by atoms with Crippen molar-refractivity contribution in [3.8, 4) is 11.5 Å². The van der Waals surface area contributed by atoms with Gasteiger partial charge in [-0.05, 0) is 85.8 Å². The Kier molecular flexibility index (Phi) is 3.63. The standard InChI is InChI=1S/C27H25N3O3S/c31-20-6-3-15-9-21-27(32)11-18-17-10-16(28-13-34)4-5-19(17)29-23(18)25-26(27,22(15)24(20)33-25)7-8-30(21)12-14-1-2-14/h3-6,10,14,21,25,29,31-32H,1-2,7-9,11-12H2/t21-,25+,26?,27-/m0/s1. The van der Waals surface area contributed by atoms with Gasteiger partial charge in [0.25, 0.3) is 0 Å². The monoisotopic (exact) mass is 471 g/mol. The fraction of sp³-hybridized carbons (Fsp3) is 0.444. The van der Waals surface area contributed by atoms with Crippen molar-refractivity contribution in [3.05, 3.63) is 52.7 Å². The molecule has 0 amide bonds. The van der Waals surface area contributed by atoms with Gasteiger partial charge >= 0.3 is 0 Å². The molecule has 1 spiro atoms. The van der Waals surface area contributed by atoms with Gasteiger partial charge in [-0.2, -0.15) is 4.99 Å². The van der Waals surface area contributed by atoms with Gasteiger partial charge in [0.15, 0.2) is 17.6 Å². The minimum atomic E-state index is -0.984. The number of nitrogens with zero attached hydrogens (tertiary/aromatic N) is 2. The molecule has 4 atom stereocenters. The Labute approximate surface area is 202 Å². The van der Waals surface area contributed by atoms with Crippen LogP contribution in [0.4, 0.5) is 5.69 Å². The lowest BCUT2D eigenvalue weighted by Gasteiger charge is -2.62. The Hall–Kier alpha value is -2.70. The third-order valence-electron chi connectivity index (χ3n) is 9.32. The van der Waals surface area contributed by atoms with Gasteiger partial charge < -0.3 is 19.9 Å². The first kappa shape index (κ1) is 19.6. The van der Waals surface area contributed by atoms with Crippen LogP contribution in [-0.2, 0) is 18.3 Å². The van der Waals surface area contributed by atoms with Crippen LogP contribution in [0.15, 0.2) is 35.3 Å². The summed E-state index contributed by atoms with van der Waals surface area (Å²) in [6, 6.07) is 9.79. The van der Waals surface area contributed by atoms with Crippen LogP contribution in [0.25, 0.3) is 10.9 Å². The number of thiocarbonyl (C=S) groups is 1. The highest BCUT2D eigenvalue weighted by Crippen LogP contribution is 2.69. The van der Waals surface area contributed by atoms with Crippen molar-refractivity contribution in [1.29, 1.82) is 0 Å². The number of phenolic OH excluding ortho intramolecular Hbond substituents is 1. The van der Waals surface area contributed by atoms with E-state index in [1.54, 1.807) is 6.07 Å². The summed E-state index contributed by atoms with van der Waals surface area (Å²) in [6.45, 7) is 2.00. The number of likely N-dealkylation sites (tertiary alicyclic amines) is 1. The van der Waals surface area contributed by atoms with Gasteiger partial charge in [-0.1, -0.05) is 6.07 Å². The number of rotatable bonds is 3. The fourth-order valence-corrected chi connectivity index (χ4v) is 7.84. The minimum Gasteiger partial charge on any atom is -0.504 e. The van der Waals surface area contributed by atoms with Crippen LogP contribution in [0.5, 0.6) is 11.5 Å². The van der Waals surface area contributed by atoms with E-state index in [1.807, 2.05) is 24.3 Å². The predicted octanol–water partition coefficient (Wildman–Crippen LogP) is 4.31. The number of aliphatic imine (C=N–C) groups is 1. The number of aromatic amines is 1. The molecule has 3 N–H and O–H groups in total. The first-order valence-electron chi connectivity index (χ1n) is 12.2. The number of nitrogens with one attached hydrogen (secondary N) is 1. The summed E-state index contributed by atoms with van der Waals surface area (Å²) < 4.78 is 6.62. The minimum absolute atomic E-state index is 0.0243. The average Bonchev–Trinajstić information content (AvgIpc) is 3.46. The third kappa shape index (κ3) is 2.20. The van der Waals surface area contributed by atoms with Crippen molar-refractivity contribution in [3.63, 3.8) is 0 Å². The molecule has 7 heteroatoms. The van der Waals surface area contributed by atoms with Gasteiger partial charge in [-0.15, -0.1) is 0 Å². The Bertz CT molecular complexity index is 1460. The van der Waals surface area contributed by atoms with Crippen molar-refractivity contribution in [1.82, 2.24) is 9.88 Å². The molecule has 8 rings (SSSR count). The summed E-state index contributed by atoms with van der Waals surface area (Å²) in [6.07, 6.45) is 4.37. The van der Waals surface area contributed by atoms with Crippen LogP contribution in [0.1, 0.15) is 47.8 Å². The quantitative estimate of drug-likeness (QED) is 0.392. The van der Waals surface area contributed by atoms with Crippen molar-refractivity contribution >= 4 is 34.0 Å². The van der Waals surface area contributed by atoms with Crippen molar-refractivity contribution in [2.45, 2.75) is 55.3 Å². The Morgan fingerprint density at radius 2 is 2.15 bits per heavy atom. The summed E-state index contributed by atoms with van der Waals surface area (Å²) in [5.74, 6) is 1.49. The number of H-pyrrole nitrogens is 1. The lowest BCUT2D eigenvalue weighted by molar-refractivity contribution is -0.173. The highest BCUT2D eigenvalue weighted by molar-refractivity contribution is 7.78. The van der Waals surface area contributed by atoms with Crippen molar-refractivity contribution in [2.24, 2.45) is 10.9 Å². The lowest BCUT2D eigenvalue weighted by atomic mass is 9.49. The molecular weight excluding hydrogens is 446 g/mol. The maximum Gasteiger partial charge on any atom is 0.166 e. The first-order valence-corrected chi connectivity index (χ1v) is 12.6. The Morgan fingerprint density at radius 3 is 2.97 bits per heavy atom. The van der Waals surface area contributed by atoms with Crippen molar-refractivity contribution < 1.29 is 14.9 Å². The highest BCUT2D eigenvalue weighted by atomic mass is 32.1. The molecule has 1 saturated heterocycles. The van der Waals surface area contributed by atoms with Crippen LogP contribution in [-0.4, -0.2) is 50.0 Å². The van der Waals surface area contributed by atoms with E-state index in [4.69, 9.17) is 17.0 Å². The van der Waals surface area contributed by atoms with E-state index in [-0.39, 0.29) is 17.9 Å². The van der Waals surface area contributed by atoms with E-state index >= 15 is 0 Å². The zero-order valence-corrected chi connectivity index (χ0v) is 19.5. The van der Waals surface area contributed by atoms with Gasteiger partial charge in [0.2, 0.25) is 0 Å². The van der Waals surface area contributed by atoms with Crippen LogP contribution in [0.2, 0.25) is 0 Å². The molecule has 6 nitrogen and oxygen atoms in total. The number of aromatic nitrogens is 1. The number of isothiocyanates is 1. The summed E-state index contributed by atoms with van der Waals surface area (Å²) in [4.78, 5) is 10.4. The van der Waals surface area contributed by atoms with E-state index < -0.39 is 11.0 Å². The Morgan fingerprint density at radius 1 is 1.26 bits per heavy atom. The second-order valence-electron chi connectivity index (χ2n) is 10.9. The van der Waals surface area contributed by atoms with Crippen LogP contribution in [0, 0.1) is 5.92 Å². The number of ether oxygens (including phenoxy) is 1. The van der Waals surface area contributed by atoms with Crippen LogP contribution in [0.3, 0.4) is 0 Å². The number of aliphatic hydroxyl groups is 1. The number of phenols is 1. The van der Waals surface area contributed by atoms with E-state index in [0.717, 1.165) is 65.3 Å².